The molecule has 0 atom stereocenters. The van der Waals surface area contributed by atoms with Gasteiger partial charge in [0.1, 0.15) is 0 Å². The number of hydrogen-bond acceptors (Lipinski definition) is 8. The van der Waals surface area contributed by atoms with Crippen molar-refractivity contribution in [2.75, 3.05) is 6.26 Å². The molecule has 0 amide bonds. The average molecular weight is 378 g/mol. The van der Waals surface area contributed by atoms with Gasteiger partial charge in [0.2, 0.25) is 5.82 Å². The molecule has 9 heteroatoms. The molecule has 3 rings (SSSR count). The smallest absolute Gasteiger partial charge is 0.338 e. The second kappa shape index (κ2) is 6.77. The zero-order valence-electron chi connectivity index (χ0n) is 13.4. The van der Waals surface area contributed by atoms with Crippen LogP contribution in [0.2, 0.25) is 0 Å². The highest BCUT2D eigenvalue weighted by molar-refractivity contribution is 7.90. The first-order valence-electron chi connectivity index (χ1n) is 7.19. The summed E-state index contributed by atoms with van der Waals surface area (Å²) in [6.07, 6.45) is 1.08. The van der Waals surface area contributed by atoms with E-state index in [1.165, 1.54) is 23.5 Å². The molecule has 0 fully saturated rings. The summed E-state index contributed by atoms with van der Waals surface area (Å²) < 4.78 is 33.6. The Balaban J connectivity index is 1.73. The van der Waals surface area contributed by atoms with E-state index in [-0.39, 0.29) is 22.9 Å². The van der Waals surface area contributed by atoms with Crippen LogP contribution in [0.15, 0.2) is 45.1 Å². The number of sulfone groups is 1. The van der Waals surface area contributed by atoms with E-state index in [0.717, 1.165) is 11.1 Å². The Labute approximate surface area is 148 Å². The summed E-state index contributed by atoms with van der Waals surface area (Å²) in [6, 6.07) is 8.03. The van der Waals surface area contributed by atoms with Crippen LogP contribution in [0.4, 0.5) is 0 Å². The minimum Gasteiger partial charge on any atom is -0.454 e. The third-order valence-electron chi connectivity index (χ3n) is 3.39. The quantitative estimate of drug-likeness (QED) is 0.629. The largest absolute Gasteiger partial charge is 0.454 e. The van der Waals surface area contributed by atoms with E-state index in [9.17, 15) is 13.2 Å². The van der Waals surface area contributed by atoms with Crippen molar-refractivity contribution in [1.29, 1.82) is 0 Å². The van der Waals surface area contributed by atoms with Crippen LogP contribution in [0.5, 0.6) is 0 Å². The topological polar surface area (TPSA) is 99.4 Å². The van der Waals surface area contributed by atoms with Crippen LogP contribution >= 0.6 is 11.3 Å². The number of aromatic nitrogens is 2. The molecule has 2 heterocycles. The number of benzene rings is 1. The van der Waals surface area contributed by atoms with E-state index >= 15 is 0 Å². The normalized spacial score (nSPS) is 11.4. The van der Waals surface area contributed by atoms with Crippen LogP contribution in [-0.2, 0) is 21.2 Å². The summed E-state index contributed by atoms with van der Waals surface area (Å²) in [7, 11) is -3.41. The SMILES string of the molecule is Cc1ccc(S(C)(=O)=O)cc1C(=O)OCc1noc(-c2cccs2)n1. The Bertz CT molecular complexity index is 1010. The molecule has 0 spiro atoms. The summed E-state index contributed by atoms with van der Waals surface area (Å²) in [6.45, 7) is 1.53. The van der Waals surface area contributed by atoms with Crippen LogP contribution < -0.4 is 0 Å². The van der Waals surface area contributed by atoms with Crippen LogP contribution in [0, 0.1) is 6.92 Å². The fourth-order valence-corrected chi connectivity index (χ4v) is 3.36. The van der Waals surface area contributed by atoms with Gasteiger partial charge in [-0.05, 0) is 36.1 Å². The number of carbonyl (C=O) groups excluding carboxylic acids is 1. The highest BCUT2D eigenvalue weighted by Gasteiger charge is 2.17. The molecule has 0 saturated carbocycles. The first-order chi connectivity index (χ1) is 11.8. The summed E-state index contributed by atoms with van der Waals surface area (Å²) >= 11 is 1.46. The Hall–Kier alpha value is -2.52. The monoisotopic (exact) mass is 378 g/mol. The van der Waals surface area contributed by atoms with Crippen LogP contribution in [-0.4, -0.2) is 30.8 Å². The second-order valence-corrected chi connectivity index (χ2v) is 8.28. The zero-order chi connectivity index (χ0) is 18.0. The number of esters is 1. The van der Waals surface area contributed by atoms with Gasteiger partial charge < -0.3 is 9.26 Å². The molecule has 0 saturated heterocycles. The Morgan fingerprint density at radius 1 is 1.32 bits per heavy atom. The molecule has 2 aromatic heterocycles. The van der Waals surface area contributed by atoms with Gasteiger partial charge in [-0.2, -0.15) is 4.98 Å². The lowest BCUT2D eigenvalue weighted by Crippen LogP contribution is -2.09. The maximum Gasteiger partial charge on any atom is 0.338 e. The molecule has 3 aromatic rings. The van der Waals surface area contributed by atoms with Crippen molar-refractivity contribution in [2.24, 2.45) is 0 Å². The molecule has 25 heavy (non-hydrogen) atoms. The van der Waals surface area contributed by atoms with E-state index in [1.54, 1.807) is 13.0 Å². The predicted octanol–water partition coefficient (Wildman–Crippen LogP) is 2.87. The summed E-state index contributed by atoms with van der Waals surface area (Å²) in [4.78, 5) is 17.3. The second-order valence-electron chi connectivity index (χ2n) is 5.32. The maximum absolute atomic E-state index is 12.3. The zero-order valence-corrected chi connectivity index (χ0v) is 15.1. The minimum atomic E-state index is -3.41. The number of ether oxygens (including phenoxy) is 1. The number of thiophene rings is 1. The summed E-state index contributed by atoms with van der Waals surface area (Å²) in [5.41, 5.74) is 0.801. The molecule has 0 unspecified atom stereocenters. The third kappa shape index (κ3) is 3.94. The number of aryl methyl sites for hydroxylation is 1. The molecule has 0 aliphatic rings. The lowest BCUT2D eigenvalue weighted by Gasteiger charge is -2.07. The van der Waals surface area contributed by atoms with Crippen molar-refractivity contribution in [1.82, 2.24) is 10.1 Å². The fourth-order valence-electron chi connectivity index (χ4n) is 2.07. The van der Waals surface area contributed by atoms with Gasteiger partial charge in [0, 0.05) is 6.26 Å². The third-order valence-corrected chi connectivity index (χ3v) is 5.36. The van der Waals surface area contributed by atoms with Gasteiger partial charge in [-0.15, -0.1) is 11.3 Å². The maximum atomic E-state index is 12.3. The molecule has 0 bridgehead atoms. The van der Waals surface area contributed by atoms with Gasteiger partial charge in [0.15, 0.2) is 16.4 Å². The van der Waals surface area contributed by atoms with Crippen molar-refractivity contribution in [3.05, 3.63) is 52.7 Å². The van der Waals surface area contributed by atoms with E-state index in [0.29, 0.717) is 11.5 Å². The lowest BCUT2D eigenvalue weighted by molar-refractivity contribution is 0.0458. The van der Waals surface area contributed by atoms with Gasteiger partial charge in [-0.3, -0.25) is 0 Å². The molecule has 0 N–H and O–H groups in total. The minimum absolute atomic E-state index is 0.0598. The van der Waals surface area contributed by atoms with Gasteiger partial charge in [-0.25, -0.2) is 13.2 Å². The van der Waals surface area contributed by atoms with Crippen molar-refractivity contribution in [3.63, 3.8) is 0 Å². The summed E-state index contributed by atoms with van der Waals surface area (Å²) in [5.74, 6) is -0.0598. The molecule has 7 nitrogen and oxygen atoms in total. The molecule has 0 radical (unpaired) electrons. The standard InChI is InChI=1S/C16H14N2O5S2/c1-10-5-6-11(25(2,20)21)8-12(10)16(19)22-9-14-17-15(23-18-14)13-4-3-7-24-13/h3-8H,9H2,1-2H3. The van der Waals surface area contributed by atoms with E-state index in [4.69, 9.17) is 9.26 Å². The van der Waals surface area contributed by atoms with Gasteiger partial charge >= 0.3 is 5.97 Å². The van der Waals surface area contributed by atoms with E-state index in [2.05, 4.69) is 10.1 Å². The Kier molecular flexibility index (Phi) is 4.69. The molecular formula is C16H14N2O5S2. The Morgan fingerprint density at radius 2 is 2.12 bits per heavy atom. The molecule has 130 valence electrons. The van der Waals surface area contributed by atoms with Gasteiger partial charge in [0.25, 0.3) is 5.89 Å². The number of hydrogen-bond donors (Lipinski definition) is 0. The molecule has 0 aliphatic heterocycles. The van der Waals surface area contributed by atoms with Gasteiger partial charge in [0.05, 0.1) is 15.3 Å². The van der Waals surface area contributed by atoms with Crippen molar-refractivity contribution in [2.45, 2.75) is 18.4 Å². The first-order valence-corrected chi connectivity index (χ1v) is 9.96. The Morgan fingerprint density at radius 3 is 2.80 bits per heavy atom. The summed E-state index contributed by atoms with van der Waals surface area (Å²) in [5, 5.41) is 5.65. The molecule has 0 aliphatic carbocycles. The predicted molar refractivity (Wildman–Crippen MR) is 91.0 cm³/mol. The van der Waals surface area contributed by atoms with Crippen molar-refractivity contribution in [3.8, 4) is 10.8 Å². The fraction of sp³-hybridized carbons (Fsp3) is 0.188. The molecule has 1 aromatic carbocycles. The highest BCUT2D eigenvalue weighted by atomic mass is 32.2. The van der Waals surface area contributed by atoms with Crippen LogP contribution in [0.25, 0.3) is 10.8 Å². The number of carbonyl (C=O) groups is 1. The first kappa shape index (κ1) is 17.3. The number of rotatable bonds is 5. The van der Waals surface area contributed by atoms with Gasteiger partial charge in [-0.1, -0.05) is 17.3 Å². The highest BCUT2D eigenvalue weighted by Crippen LogP contribution is 2.23. The molecular weight excluding hydrogens is 364 g/mol. The number of nitrogens with zero attached hydrogens (tertiary/aromatic N) is 2. The average Bonchev–Trinajstić information content (AvgIpc) is 3.23. The lowest BCUT2D eigenvalue weighted by atomic mass is 10.1. The van der Waals surface area contributed by atoms with Crippen molar-refractivity contribution < 1.29 is 22.5 Å². The van der Waals surface area contributed by atoms with Crippen LogP contribution in [0.1, 0.15) is 21.7 Å². The van der Waals surface area contributed by atoms with Crippen LogP contribution in [0.3, 0.4) is 0 Å². The van der Waals surface area contributed by atoms with Crippen molar-refractivity contribution >= 4 is 27.1 Å². The van der Waals surface area contributed by atoms with E-state index in [1.807, 2.05) is 17.5 Å². The van der Waals surface area contributed by atoms with E-state index < -0.39 is 15.8 Å².